The molecular formula is C17H18N4O4. The van der Waals surface area contributed by atoms with Crippen molar-refractivity contribution >= 4 is 23.7 Å². The van der Waals surface area contributed by atoms with Gasteiger partial charge in [0.05, 0.1) is 16.8 Å². The van der Waals surface area contributed by atoms with Crippen molar-refractivity contribution < 1.29 is 9.59 Å². The van der Waals surface area contributed by atoms with Gasteiger partial charge in [0.25, 0.3) is 11.5 Å². The van der Waals surface area contributed by atoms with Crippen LogP contribution in [-0.2, 0) is 11.8 Å². The van der Waals surface area contributed by atoms with Gasteiger partial charge in [-0.05, 0) is 26.0 Å². The Labute approximate surface area is 143 Å². The zero-order valence-corrected chi connectivity index (χ0v) is 14.4. The topological polar surface area (TPSA) is 105 Å². The van der Waals surface area contributed by atoms with Crippen LogP contribution in [0.15, 0.2) is 44.5 Å². The Morgan fingerprint density at radius 3 is 2.36 bits per heavy atom. The molecule has 8 nitrogen and oxygen atoms in total. The summed E-state index contributed by atoms with van der Waals surface area (Å²) in [7, 11) is 2.76. The summed E-state index contributed by atoms with van der Waals surface area (Å²) in [6.45, 7) is 3.23. The summed E-state index contributed by atoms with van der Waals surface area (Å²) in [5, 5.41) is 0. The second kappa shape index (κ2) is 7.08. The number of carbonyl (C=O) groups is 2. The van der Waals surface area contributed by atoms with Crippen molar-refractivity contribution in [3.63, 3.8) is 0 Å². The fourth-order valence-corrected chi connectivity index (χ4v) is 2.20. The van der Waals surface area contributed by atoms with Crippen LogP contribution in [0.25, 0.3) is 6.08 Å². The van der Waals surface area contributed by atoms with Crippen molar-refractivity contribution in [2.24, 2.45) is 12.0 Å². The van der Waals surface area contributed by atoms with Crippen LogP contribution in [-0.4, -0.2) is 39.1 Å². The molecule has 3 amide bonds. The van der Waals surface area contributed by atoms with Gasteiger partial charge < -0.3 is 4.98 Å². The number of imide groups is 1. The number of urea groups is 1. The van der Waals surface area contributed by atoms with Crippen molar-refractivity contribution in [1.29, 1.82) is 0 Å². The SMILES string of the molecule is CC1=NC(=O)N(C)C(=O)/C1=C/C=C/C=C/c1c(C)[nH]c(=O)n(C)c1=O. The summed E-state index contributed by atoms with van der Waals surface area (Å²) in [5.74, 6) is -0.420. The number of aliphatic imine (C=N–C) groups is 1. The van der Waals surface area contributed by atoms with Crippen LogP contribution in [0.2, 0.25) is 0 Å². The van der Waals surface area contributed by atoms with Gasteiger partial charge in [0.2, 0.25) is 0 Å². The molecule has 1 aromatic rings. The van der Waals surface area contributed by atoms with E-state index in [4.69, 9.17) is 0 Å². The lowest BCUT2D eigenvalue weighted by atomic mass is 10.1. The van der Waals surface area contributed by atoms with E-state index in [1.165, 1.54) is 14.1 Å². The van der Waals surface area contributed by atoms with Gasteiger partial charge in [-0.25, -0.2) is 9.59 Å². The number of aromatic nitrogens is 2. The molecule has 0 radical (unpaired) electrons. The van der Waals surface area contributed by atoms with Gasteiger partial charge in [0, 0.05) is 19.8 Å². The average Bonchev–Trinajstić information content (AvgIpc) is 2.55. The van der Waals surface area contributed by atoms with E-state index in [0.717, 1.165) is 9.47 Å². The number of H-pyrrole nitrogens is 1. The van der Waals surface area contributed by atoms with Gasteiger partial charge in [-0.15, -0.1) is 0 Å². The molecule has 0 unspecified atom stereocenters. The minimum Gasteiger partial charge on any atom is -0.311 e. The van der Waals surface area contributed by atoms with Crippen LogP contribution < -0.4 is 11.2 Å². The maximum atomic E-state index is 12.0. The van der Waals surface area contributed by atoms with Crippen LogP contribution in [0, 0.1) is 6.92 Å². The van der Waals surface area contributed by atoms with Crippen molar-refractivity contribution in [3.05, 3.63) is 62.0 Å². The zero-order valence-electron chi connectivity index (χ0n) is 14.4. The second-order valence-corrected chi connectivity index (χ2v) is 5.50. The monoisotopic (exact) mass is 342 g/mol. The maximum absolute atomic E-state index is 12.0. The maximum Gasteiger partial charge on any atom is 0.350 e. The molecule has 0 bridgehead atoms. The first kappa shape index (κ1) is 18.1. The lowest BCUT2D eigenvalue weighted by Crippen LogP contribution is -2.38. The number of carbonyl (C=O) groups excluding carboxylic acids is 2. The molecule has 1 aliphatic heterocycles. The number of hydrogen-bond donors (Lipinski definition) is 1. The first-order valence-corrected chi connectivity index (χ1v) is 7.46. The van der Waals surface area contributed by atoms with Crippen LogP contribution in [0.3, 0.4) is 0 Å². The van der Waals surface area contributed by atoms with Crippen LogP contribution in [0.1, 0.15) is 18.2 Å². The number of aromatic amines is 1. The standard InChI is InChI=1S/C17H18N4O4/c1-10-12(14(22)20(3)16(24)18-10)8-6-5-7-9-13-11(2)19-17(25)21(4)15(13)23/h5-9H,1-4H3,(H,18,24)/b7-5+,8-6+,13-9+. The van der Waals surface area contributed by atoms with Gasteiger partial charge in [0.1, 0.15) is 0 Å². The molecule has 1 aromatic heterocycles. The van der Waals surface area contributed by atoms with Gasteiger partial charge in [-0.1, -0.05) is 18.2 Å². The van der Waals surface area contributed by atoms with E-state index in [9.17, 15) is 19.2 Å². The summed E-state index contributed by atoms with van der Waals surface area (Å²) in [6.07, 6.45) is 7.98. The third-order valence-corrected chi connectivity index (χ3v) is 3.76. The van der Waals surface area contributed by atoms with Gasteiger partial charge >= 0.3 is 11.7 Å². The molecule has 0 atom stereocenters. The number of likely N-dealkylation sites (N-methyl/N-ethyl adjacent to an activating group) is 1. The number of rotatable bonds is 3. The minimum absolute atomic E-state index is 0.322. The predicted molar refractivity (Wildman–Crippen MR) is 94.6 cm³/mol. The molecule has 130 valence electrons. The molecule has 0 fully saturated rings. The summed E-state index contributed by atoms with van der Waals surface area (Å²) in [6, 6.07) is -0.590. The fraction of sp³-hybridized carbons (Fsp3) is 0.235. The van der Waals surface area contributed by atoms with Gasteiger partial charge in [-0.3, -0.25) is 19.1 Å². The first-order chi connectivity index (χ1) is 11.7. The number of allylic oxidation sites excluding steroid dienone is 4. The second-order valence-electron chi connectivity index (χ2n) is 5.50. The van der Waals surface area contributed by atoms with E-state index in [2.05, 4.69) is 9.98 Å². The highest BCUT2D eigenvalue weighted by atomic mass is 16.2. The summed E-state index contributed by atoms with van der Waals surface area (Å²) < 4.78 is 0.992. The molecule has 1 aliphatic rings. The highest BCUT2D eigenvalue weighted by Gasteiger charge is 2.26. The van der Waals surface area contributed by atoms with E-state index in [0.29, 0.717) is 22.5 Å². The number of aryl methyl sites for hydroxylation is 1. The third kappa shape index (κ3) is 3.63. The molecule has 0 aliphatic carbocycles. The van der Waals surface area contributed by atoms with Gasteiger partial charge in [0.15, 0.2) is 0 Å². The first-order valence-electron chi connectivity index (χ1n) is 7.46. The minimum atomic E-state index is -0.590. The molecule has 0 saturated heterocycles. The Balaban J connectivity index is 2.24. The third-order valence-electron chi connectivity index (χ3n) is 3.76. The predicted octanol–water partition coefficient (Wildman–Crippen LogP) is 0.931. The highest BCUT2D eigenvalue weighted by Crippen LogP contribution is 2.12. The van der Waals surface area contributed by atoms with E-state index >= 15 is 0 Å². The lowest BCUT2D eigenvalue weighted by molar-refractivity contribution is -0.122. The highest BCUT2D eigenvalue weighted by molar-refractivity contribution is 6.28. The molecule has 2 rings (SSSR count). The summed E-state index contributed by atoms with van der Waals surface area (Å²) in [5.41, 5.74) is 0.659. The van der Waals surface area contributed by atoms with Gasteiger partial charge in [-0.2, -0.15) is 4.99 Å². The Morgan fingerprint density at radius 1 is 1.00 bits per heavy atom. The summed E-state index contributed by atoms with van der Waals surface area (Å²) in [4.78, 5) is 54.2. The quantitative estimate of drug-likeness (QED) is 0.651. The molecule has 0 aromatic carbocycles. The van der Waals surface area contributed by atoms with E-state index in [1.54, 1.807) is 44.2 Å². The van der Waals surface area contributed by atoms with Crippen LogP contribution in [0.4, 0.5) is 4.79 Å². The Bertz CT molecular complexity index is 973. The van der Waals surface area contributed by atoms with E-state index in [1.807, 2.05) is 0 Å². The largest absolute Gasteiger partial charge is 0.350 e. The van der Waals surface area contributed by atoms with E-state index in [-0.39, 0.29) is 0 Å². The molecule has 25 heavy (non-hydrogen) atoms. The van der Waals surface area contributed by atoms with Crippen molar-refractivity contribution in [2.45, 2.75) is 13.8 Å². The summed E-state index contributed by atoms with van der Waals surface area (Å²) >= 11 is 0. The number of hydrogen-bond acceptors (Lipinski definition) is 4. The van der Waals surface area contributed by atoms with Crippen LogP contribution in [0.5, 0.6) is 0 Å². The Hall–Kier alpha value is -3.29. The van der Waals surface area contributed by atoms with E-state index < -0.39 is 23.2 Å². The lowest BCUT2D eigenvalue weighted by Gasteiger charge is -2.19. The molecular weight excluding hydrogens is 324 g/mol. The van der Waals surface area contributed by atoms with Crippen molar-refractivity contribution in [2.75, 3.05) is 7.05 Å². The Kier molecular flexibility index (Phi) is 5.11. The average molecular weight is 342 g/mol. The Morgan fingerprint density at radius 2 is 1.68 bits per heavy atom. The molecule has 8 heteroatoms. The fourth-order valence-electron chi connectivity index (χ4n) is 2.20. The van der Waals surface area contributed by atoms with Crippen molar-refractivity contribution in [3.8, 4) is 0 Å². The molecule has 0 saturated carbocycles. The number of nitrogens with zero attached hydrogens (tertiary/aromatic N) is 3. The smallest absolute Gasteiger partial charge is 0.311 e. The molecule has 0 spiro atoms. The van der Waals surface area contributed by atoms with Crippen molar-refractivity contribution in [1.82, 2.24) is 14.5 Å². The normalized spacial score (nSPS) is 17.2. The molecule has 2 heterocycles. The molecule has 1 N–H and O–H groups in total. The zero-order chi connectivity index (χ0) is 18.7. The number of nitrogens with one attached hydrogen (secondary N) is 1. The number of amides is 3. The van der Waals surface area contributed by atoms with Crippen LogP contribution >= 0.6 is 0 Å².